The molecule has 0 unspecified atom stereocenters. The third-order valence-electron chi connectivity index (χ3n) is 3.71. The normalized spacial score (nSPS) is 13.1. The second kappa shape index (κ2) is 5.57. The highest BCUT2D eigenvalue weighted by molar-refractivity contribution is 5.99. The fraction of sp³-hybridized carbons (Fsp3) is 0.118. The van der Waals surface area contributed by atoms with Gasteiger partial charge in [-0.1, -0.05) is 24.3 Å². The molecular weight excluding hydrogens is 292 g/mol. The molecule has 0 atom stereocenters. The van der Waals surface area contributed by atoms with E-state index in [1.807, 2.05) is 59.1 Å². The summed E-state index contributed by atoms with van der Waals surface area (Å²) in [5.41, 5.74) is 2.26. The van der Waals surface area contributed by atoms with Gasteiger partial charge in [0.1, 0.15) is 12.4 Å². The maximum Gasteiger partial charge on any atom is 0.251 e. The molecule has 3 heterocycles. The molecule has 3 aromatic rings. The van der Waals surface area contributed by atoms with E-state index in [0.717, 1.165) is 17.0 Å². The number of amides is 1. The summed E-state index contributed by atoms with van der Waals surface area (Å²) < 4.78 is 7.45. The van der Waals surface area contributed by atoms with Crippen LogP contribution in [0.3, 0.4) is 0 Å². The van der Waals surface area contributed by atoms with E-state index in [9.17, 15) is 4.79 Å². The number of rotatable bonds is 3. The van der Waals surface area contributed by atoms with Crippen molar-refractivity contribution < 1.29 is 9.53 Å². The zero-order valence-electron chi connectivity index (χ0n) is 12.3. The third-order valence-corrected chi connectivity index (χ3v) is 3.71. The summed E-state index contributed by atoms with van der Waals surface area (Å²) in [6.45, 7) is 0.576. The van der Waals surface area contributed by atoms with Crippen LogP contribution in [0.2, 0.25) is 0 Å². The van der Waals surface area contributed by atoms with Gasteiger partial charge in [0.25, 0.3) is 5.91 Å². The number of carbonyl (C=O) groups excluding carboxylic acids is 1. The number of hydrogen-bond donors (Lipinski definition) is 1. The van der Waals surface area contributed by atoms with Gasteiger partial charge in [0.2, 0.25) is 0 Å². The fourth-order valence-electron chi connectivity index (χ4n) is 2.53. The number of hydrogen-bond acceptors (Lipinski definition) is 4. The molecule has 23 heavy (non-hydrogen) atoms. The molecule has 1 aliphatic heterocycles. The van der Waals surface area contributed by atoms with Gasteiger partial charge in [0.05, 0.1) is 12.1 Å². The minimum absolute atomic E-state index is 0.160. The third kappa shape index (κ3) is 2.55. The summed E-state index contributed by atoms with van der Waals surface area (Å²) in [4.78, 5) is 12.3. The molecule has 114 valence electrons. The Morgan fingerprint density at radius 1 is 1.17 bits per heavy atom. The number of ether oxygens (including phenoxy) is 1. The van der Waals surface area contributed by atoms with Crippen LogP contribution < -0.4 is 10.1 Å². The highest BCUT2D eigenvalue weighted by atomic mass is 16.5. The largest absolute Gasteiger partial charge is 0.488 e. The quantitative estimate of drug-likeness (QED) is 0.801. The predicted octanol–water partition coefficient (Wildman–Crippen LogP) is 1.82. The molecule has 0 saturated heterocycles. The van der Waals surface area contributed by atoms with Crippen molar-refractivity contribution in [2.24, 2.45) is 0 Å². The van der Waals surface area contributed by atoms with E-state index in [4.69, 9.17) is 4.74 Å². The second-order valence-electron chi connectivity index (χ2n) is 5.22. The Morgan fingerprint density at radius 3 is 3.00 bits per heavy atom. The Labute approximate surface area is 132 Å². The molecule has 1 aliphatic rings. The van der Waals surface area contributed by atoms with Crippen molar-refractivity contribution in [1.82, 2.24) is 19.9 Å². The second-order valence-corrected chi connectivity index (χ2v) is 5.22. The average molecular weight is 306 g/mol. The Bertz CT molecular complexity index is 914. The van der Waals surface area contributed by atoms with E-state index < -0.39 is 0 Å². The van der Waals surface area contributed by atoms with Gasteiger partial charge in [0, 0.05) is 11.8 Å². The minimum atomic E-state index is -0.160. The Balaban J connectivity index is 1.50. The zero-order valence-corrected chi connectivity index (χ0v) is 12.3. The predicted molar refractivity (Wildman–Crippen MR) is 84.7 cm³/mol. The van der Waals surface area contributed by atoms with Crippen molar-refractivity contribution in [3.63, 3.8) is 0 Å². The Kier molecular flexibility index (Phi) is 3.27. The lowest BCUT2D eigenvalue weighted by Gasteiger charge is -2.17. The molecule has 0 spiro atoms. The van der Waals surface area contributed by atoms with Crippen LogP contribution in [0.1, 0.15) is 11.4 Å². The Hall–Kier alpha value is -3.15. The lowest BCUT2D eigenvalue weighted by molar-refractivity contribution is -0.118. The SMILES string of the molecule is O=C(NCc1nnc2ccccn12)C1=Cc2ccccc2OC1. The number of aromatic nitrogens is 3. The number of fused-ring (bicyclic) bond motifs is 2. The van der Waals surface area contributed by atoms with E-state index >= 15 is 0 Å². The number of nitrogens with one attached hydrogen (secondary N) is 1. The fourth-order valence-corrected chi connectivity index (χ4v) is 2.53. The summed E-state index contributed by atoms with van der Waals surface area (Å²) in [6.07, 6.45) is 3.73. The van der Waals surface area contributed by atoms with Crippen LogP contribution in [0.25, 0.3) is 11.7 Å². The standard InChI is InChI=1S/C17H14N4O2/c22-17(13-9-12-5-1-2-6-14(12)23-11-13)18-10-16-20-19-15-7-3-4-8-21(15)16/h1-9H,10-11H2,(H,18,22). The summed E-state index contributed by atoms with van der Waals surface area (Å²) in [6, 6.07) is 13.3. The molecule has 6 heteroatoms. The van der Waals surface area contributed by atoms with Crippen molar-refractivity contribution in [3.8, 4) is 5.75 Å². The first-order valence-electron chi connectivity index (χ1n) is 7.30. The number of para-hydroxylation sites is 1. The van der Waals surface area contributed by atoms with Crippen LogP contribution in [0, 0.1) is 0 Å². The smallest absolute Gasteiger partial charge is 0.251 e. The molecule has 0 saturated carbocycles. The van der Waals surface area contributed by atoms with Crippen LogP contribution in [-0.4, -0.2) is 27.1 Å². The van der Waals surface area contributed by atoms with Crippen molar-refractivity contribution in [2.75, 3.05) is 6.61 Å². The molecule has 1 aromatic carbocycles. The molecule has 0 radical (unpaired) electrons. The van der Waals surface area contributed by atoms with Gasteiger partial charge in [-0.15, -0.1) is 10.2 Å². The van der Waals surface area contributed by atoms with Gasteiger partial charge in [-0.2, -0.15) is 0 Å². The van der Waals surface area contributed by atoms with Crippen molar-refractivity contribution in [3.05, 3.63) is 65.6 Å². The van der Waals surface area contributed by atoms with Gasteiger partial charge < -0.3 is 10.1 Å². The lowest BCUT2D eigenvalue weighted by Crippen LogP contribution is -2.28. The van der Waals surface area contributed by atoms with Crippen LogP contribution in [-0.2, 0) is 11.3 Å². The van der Waals surface area contributed by atoms with Gasteiger partial charge in [-0.05, 0) is 24.3 Å². The molecular formula is C17H14N4O2. The first kappa shape index (κ1) is 13.5. The molecule has 1 amide bonds. The van der Waals surface area contributed by atoms with Crippen molar-refractivity contribution in [2.45, 2.75) is 6.54 Å². The van der Waals surface area contributed by atoms with Crippen LogP contribution in [0.4, 0.5) is 0 Å². The average Bonchev–Trinajstić information content (AvgIpc) is 3.02. The van der Waals surface area contributed by atoms with E-state index in [-0.39, 0.29) is 12.5 Å². The summed E-state index contributed by atoms with van der Waals surface area (Å²) in [5, 5.41) is 11.0. The van der Waals surface area contributed by atoms with Crippen molar-refractivity contribution in [1.29, 1.82) is 0 Å². The highest BCUT2D eigenvalue weighted by Crippen LogP contribution is 2.25. The van der Waals surface area contributed by atoms with E-state index in [0.29, 0.717) is 17.9 Å². The molecule has 0 fully saturated rings. The lowest BCUT2D eigenvalue weighted by atomic mass is 10.1. The molecule has 0 aliphatic carbocycles. The van der Waals surface area contributed by atoms with Gasteiger partial charge in [-0.25, -0.2) is 0 Å². The molecule has 1 N–H and O–H groups in total. The molecule has 4 rings (SSSR count). The summed E-state index contributed by atoms with van der Waals surface area (Å²) in [5.74, 6) is 1.33. The number of nitrogens with zero attached hydrogens (tertiary/aromatic N) is 3. The molecule has 0 bridgehead atoms. The monoisotopic (exact) mass is 306 g/mol. The number of benzene rings is 1. The topological polar surface area (TPSA) is 68.5 Å². The molecule has 6 nitrogen and oxygen atoms in total. The van der Waals surface area contributed by atoms with Gasteiger partial charge >= 0.3 is 0 Å². The van der Waals surface area contributed by atoms with Crippen molar-refractivity contribution >= 4 is 17.6 Å². The van der Waals surface area contributed by atoms with Crippen LogP contribution >= 0.6 is 0 Å². The molecule has 2 aromatic heterocycles. The first-order chi connectivity index (χ1) is 11.3. The summed E-state index contributed by atoms with van der Waals surface area (Å²) >= 11 is 0. The minimum Gasteiger partial charge on any atom is -0.488 e. The number of pyridine rings is 1. The summed E-state index contributed by atoms with van der Waals surface area (Å²) in [7, 11) is 0. The van der Waals surface area contributed by atoms with Crippen LogP contribution in [0.15, 0.2) is 54.2 Å². The van der Waals surface area contributed by atoms with E-state index in [1.165, 1.54) is 0 Å². The van der Waals surface area contributed by atoms with Gasteiger partial charge in [0.15, 0.2) is 11.5 Å². The van der Waals surface area contributed by atoms with E-state index in [2.05, 4.69) is 15.5 Å². The maximum absolute atomic E-state index is 12.3. The van der Waals surface area contributed by atoms with Gasteiger partial charge in [-0.3, -0.25) is 9.20 Å². The maximum atomic E-state index is 12.3. The van der Waals surface area contributed by atoms with E-state index in [1.54, 1.807) is 0 Å². The number of carbonyl (C=O) groups is 1. The highest BCUT2D eigenvalue weighted by Gasteiger charge is 2.17. The van der Waals surface area contributed by atoms with Crippen LogP contribution in [0.5, 0.6) is 5.75 Å². The zero-order chi connectivity index (χ0) is 15.6. The first-order valence-corrected chi connectivity index (χ1v) is 7.30. The Morgan fingerprint density at radius 2 is 2.04 bits per heavy atom.